The summed E-state index contributed by atoms with van der Waals surface area (Å²) in [4.78, 5) is 11.2. The van der Waals surface area contributed by atoms with Crippen molar-refractivity contribution in [3.05, 3.63) is 0 Å². The molecular formula is C11H22NO6P. The van der Waals surface area contributed by atoms with Crippen LogP contribution in [0.4, 0.5) is 0 Å². The average molecular weight is 295 g/mol. The van der Waals surface area contributed by atoms with Gasteiger partial charge in [-0.05, 0) is 27.7 Å². The molecule has 0 amide bonds. The fourth-order valence-corrected chi connectivity index (χ4v) is 4.26. The summed E-state index contributed by atoms with van der Waals surface area (Å²) in [6, 6.07) is -1.06. The molecule has 0 saturated carbocycles. The maximum Gasteiger partial charge on any atom is 0.409 e. The molecule has 1 fully saturated rings. The monoisotopic (exact) mass is 295 g/mol. The van der Waals surface area contributed by atoms with Gasteiger partial charge in [-0.2, -0.15) is 4.67 Å². The van der Waals surface area contributed by atoms with Crippen molar-refractivity contribution in [2.75, 3.05) is 6.54 Å². The van der Waals surface area contributed by atoms with E-state index in [9.17, 15) is 14.5 Å². The molecule has 1 saturated heterocycles. The molecule has 19 heavy (non-hydrogen) atoms. The predicted octanol–water partition coefficient (Wildman–Crippen LogP) is 1.46. The van der Waals surface area contributed by atoms with Crippen LogP contribution in [0.2, 0.25) is 0 Å². The van der Waals surface area contributed by atoms with Crippen LogP contribution in [-0.4, -0.2) is 51.8 Å². The molecule has 8 heteroatoms. The highest BCUT2D eigenvalue weighted by Crippen LogP contribution is 2.57. The Kier molecular flexibility index (Phi) is 5.53. The van der Waals surface area contributed by atoms with Gasteiger partial charge in [0.15, 0.2) is 0 Å². The van der Waals surface area contributed by atoms with Crippen molar-refractivity contribution in [3.8, 4) is 0 Å². The molecule has 1 heterocycles. The third-order valence-electron chi connectivity index (χ3n) is 2.54. The lowest BCUT2D eigenvalue weighted by Gasteiger charge is -2.31. The highest BCUT2D eigenvalue weighted by atomic mass is 31.2. The number of carbonyl (C=O) groups is 1. The lowest BCUT2D eigenvalue weighted by molar-refractivity contribution is -0.141. The second kappa shape index (κ2) is 6.33. The molecule has 0 bridgehead atoms. The zero-order valence-electron chi connectivity index (χ0n) is 11.6. The molecule has 1 rings (SSSR count). The minimum absolute atomic E-state index is 0.0161. The number of hydrogen-bond donors (Lipinski definition) is 2. The minimum atomic E-state index is -3.73. The Morgan fingerprint density at radius 3 is 2.11 bits per heavy atom. The number of hydrogen-bond acceptors (Lipinski definition) is 5. The summed E-state index contributed by atoms with van der Waals surface area (Å²) in [7, 11) is -3.73. The second-order valence-electron chi connectivity index (χ2n) is 5.14. The van der Waals surface area contributed by atoms with E-state index in [4.69, 9.17) is 14.2 Å². The normalized spacial score (nSPS) is 25.4. The van der Waals surface area contributed by atoms with Crippen LogP contribution in [0.3, 0.4) is 0 Å². The van der Waals surface area contributed by atoms with Crippen LogP contribution < -0.4 is 0 Å². The molecule has 112 valence electrons. The summed E-state index contributed by atoms with van der Waals surface area (Å²) >= 11 is 0. The summed E-state index contributed by atoms with van der Waals surface area (Å²) in [6.45, 7) is 6.74. The van der Waals surface area contributed by atoms with Crippen molar-refractivity contribution in [2.45, 2.75) is 58.5 Å². The van der Waals surface area contributed by atoms with Crippen LogP contribution in [0, 0.1) is 0 Å². The first kappa shape index (κ1) is 16.6. The van der Waals surface area contributed by atoms with E-state index >= 15 is 0 Å². The van der Waals surface area contributed by atoms with Gasteiger partial charge in [-0.15, -0.1) is 0 Å². The van der Waals surface area contributed by atoms with Gasteiger partial charge in [0.1, 0.15) is 6.04 Å². The summed E-state index contributed by atoms with van der Waals surface area (Å²) in [5.41, 5.74) is 0. The minimum Gasteiger partial charge on any atom is -0.480 e. The Hall–Kier alpha value is -0.460. The van der Waals surface area contributed by atoms with Crippen LogP contribution in [0.15, 0.2) is 0 Å². The number of rotatable bonds is 6. The number of aliphatic hydroxyl groups is 1. The molecule has 1 aliphatic heterocycles. The number of aliphatic hydroxyl groups excluding tert-OH is 1. The van der Waals surface area contributed by atoms with Crippen molar-refractivity contribution < 1.29 is 28.6 Å². The Morgan fingerprint density at radius 1 is 1.26 bits per heavy atom. The molecule has 0 aromatic carbocycles. The SMILES string of the molecule is CC(C)OP(=O)(OC(C)C)N1C[C@@H](O)C[C@@H]1C(=O)O. The maximum atomic E-state index is 12.8. The van der Waals surface area contributed by atoms with Gasteiger partial charge in [-0.25, -0.2) is 4.57 Å². The van der Waals surface area contributed by atoms with Crippen LogP contribution in [0.1, 0.15) is 34.1 Å². The predicted molar refractivity (Wildman–Crippen MR) is 68.8 cm³/mol. The number of aliphatic carboxylic acids is 1. The van der Waals surface area contributed by atoms with E-state index in [0.29, 0.717) is 0 Å². The van der Waals surface area contributed by atoms with E-state index in [1.54, 1.807) is 27.7 Å². The quantitative estimate of drug-likeness (QED) is 0.716. The lowest BCUT2D eigenvalue weighted by atomic mass is 10.2. The molecule has 2 N–H and O–H groups in total. The summed E-state index contributed by atoms with van der Waals surface area (Å²) in [5.74, 6) is -1.14. The van der Waals surface area contributed by atoms with Crippen molar-refractivity contribution in [2.24, 2.45) is 0 Å². The van der Waals surface area contributed by atoms with Gasteiger partial charge in [0.2, 0.25) is 0 Å². The van der Waals surface area contributed by atoms with E-state index in [1.807, 2.05) is 0 Å². The highest BCUT2D eigenvalue weighted by molar-refractivity contribution is 7.51. The number of β-amino-alcohol motifs (C(OH)–C–C–N with tert-alkyl or cyclic N) is 1. The molecule has 0 unspecified atom stereocenters. The van der Waals surface area contributed by atoms with Gasteiger partial charge in [0, 0.05) is 13.0 Å². The molecule has 7 nitrogen and oxygen atoms in total. The van der Waals surface area contributed by atoms with Gasteiger partial charge in [0.25, 0.3) is 0 Å². The summed E-state index contributed by atoms with van der Waals surface area (Å²) < 4.78 is 24.6. The largest absolute Gasteiger partial charge is 0.480 e. The molecule has 0 aliphatic carbocycles. The zero-order valence-corrected chi connectivity index (χ0v) is 12.5. The van der Waals surface area contributed by atoms with Crippen molar-refractivity contribution in [1.82, 2.24) is 4.67 Å². The first-order valence-electron chi connectivity index (χ1n) is 6.30. The average Bonchev–Trinajstić information content (AvgIpc) is 2.58. The molecular weight excluding hydrogens is 273 g/mol. The fourth-order valence-electron chi connectivity index (χ4n) is 1.97. The van der Waals surface area contributed by atoms with Gasteiger partial charge < -0.3 is 10.2 Å². The molecule has 0 spiro atoms. The Morgan fingerprint density at radius 2 is 1.74 bits per heavy atom. The third-order valence-corrected chi connectivity index (χ3v) is 4.99. The van der Waals surface area contributed by atoms with E-state index in [0.717, 1.165) is 4.67 Å². The lowest BCUT2D eigenvalue weighted by Crippen LogP contribution is -2.36. The van der Waals surface area contributed by atoms with Crippen LogP contribution in [0.25, 0.3) is 0 Å². The Bertz CT molecular complexity index is 358. The molecule has 1 aliphatic rings. The van der Waals surface area contributed by atoms with E-state index in [-0.39, 0.29) is 25.2 Å². The molecule has 0 radical (unpaired) electrons. The van der Waals surface area contributed by atoms with Crippen molar-refractivity contribution in [1.29, 1.82) is 0 Å². The van der Waals surface area contributed by atoms with Gasteiger partial charge >= 0.3 is 13.7 Å². The molecule has 0 aromatic heterocycles. The number of carboxylic acid groups (broad SMARTS) is 1. The molecule has 0 aromatic rings. The second-order valence-corrected chi connectivity index (χ2v) is 7.02. The summed E-state index contributed by atoms with van der Waals surface area (Å²) in [6.07, 6.45) is -1.59. The van der Waals surface area contributed by atoms with Gasteiger partial charge in [-0.3, -0.25) is 13.8 Å². The highest BCUT2D eigenvalue weighted by Gasteiger charge is 2.48. The zero-order chi connectivity index (χ0) is 14.8. The smallest absolute Gasteiger partial charge is 0.409 e. The van der Waals surface area contributed by atoms with Crippen molar-refractivity contribution in [3.63, 3.8) is 0 Å². The topological polar surface area (TPSA) is 96.3 Å². The van der Waals surface area contributed by atoms with Gasteiger partial charge in [0.05, 0.1) is 18.3 Å². The summed E-state index contributed by atoms with van der Waals surface area (Å²) in [5, 5.41) is 18.8. The first-order valence-corrected chi connectivity index (χ1v) is 7.80. The maximum absolute atomic E-state index is 12.8. The standard InChI is InChI=1S/C11H22NO6P/c1-7(2)17-19(16,18-8(3)4)12-6-9(13)5-10(12)11(14)15/h7-10,13H,5-6H2,1-4H3,(H,14,15)/t9-,10+/m0/s1. The first-order chi connectivity index (χ1) is 8.65. The Labute approximate surface area is 113 Å². The number of carboxylic acids is 1. The van der Waals surface area contributed by atoms with E-state index in [2.05, 4.69) is 0 Å². The molecule has 2 atom stereocenters. The number of nitrogens with zero attached hydrogens (tertiary/aromatic N) is 1. The Balaban J connectivity index is 3.02. The van der Waals surface area contributed by atoms with E-state index < -0.39 is 25.9 Å². The fraction of sp³-hybridized carbons (Fsp3) is 0.909. The van der Waals surface area contributed by atoms with Gasteiger partial charge in [-0.1, -0.05) is 0 Å². The van der Waals surface area contributed by atoms with Crippen LogP contribution in [-0.2, 0) is 18.4 Å². The van der Waals surface area contributed by atoms with Crippen LogP contribution >= 0.6 is 7.75 Å². The van der Waals surface area contributed by atoms with Crippen molar-refractivity contribution >= 4 is 13.7 Å². The van der Waals surface area contributed by atoms with Crippen LogP contribution in [0.5, 0.6) is 0 Å². The third kappa shape index (κ3) is 4.26. The van der Waals surface area contributed by atoms with E-state index in [1.165, 1.54) is 0 Å².